The Morgan fingerprint density at radius 1 is 0.397 bits per heavy atom. The molecule has 25 heteroatoms. The topological polar surface area (TPSA) is 294 Å². The maximum absolute atomic E-state index is 12.3. The van der Waals surface area contributed by atoms with Crippen LogP contribution in [0, 0.1) is 13.8 Å². The van der Waals surface area contributed by atoms with E-state index in [1.807, 2.05) is 55.5 Å². The number of hydrogen-bond acceptors (Lipinski definition) is 22. The number of nitrogens with one attached hydrogen (secondary N) is 3. The molecule has 0 unspecified atom stereocenters. The molecule has 430 valence electrons. The van der Waals surface area contributed by atoms with Gasteiger partial charge >= 0.3 is 0 Å². The van der Waals surface area contributed by atoms with Gasteiger partial charge in [-0.3, -0.25) is 24.1 Å². The summed E-state index contributed by atoms with van der Waals surface area (Å²) in [6, 6.07) is 15.1. The number of aryl methyl sites for hydroxylation is 2. The number of aromatic nitrogens is 8. The highest BCUT2D eigenvalue weighted by molar-refractivity contribution is 5.80. The minimum absolute atomic E-state index is 0.0810. The summed E-state index contributed by atoms with van der Waals surface area (Å²) in [4.78, 5) is 50.1. The van der Waals surface area contributed by atoms with Gasteiger partial charge in [0.2, 0.25) is 29.4 Å². The van der Waals surface area contributed by atoms with E-state index in [0.29, 0.717) is 194 Å². The number of nitrogens with zero attached hydrogens (tertiary/aromatic N) is 9. The standard InChI is InChI=1S/C53H80N12O13/c1-4-48(66)6-5-7-49(67)54-18-24-72-30-36-78-39-33-75-27-21-65(19-25-73-31-37-76-34-28-70-22-16-50(68)55-40-44-8-12-46(13-9-44)52-61-57-42(2)58-62-52)20-26-74-32-38-77-35-29-71-23-17-51(69)56-41-45-10-14-47(15-11-45)53-63-59-43(3)60-64-53/h8-15H,4-7,16-41H2,1-3H3,(H,54,67)(H,55,68)(H,56,69). The maximum atomic E-state index is 12.3. The molecule has 25 nitrogen and oxygen atoms in total. The zero-order valence-corrected chi connectivity index (χ0v) is 45.7. The highest BCUT2D eigenvalue weighted by atomic mass is 16.6. The number of ketones is 1. The van der Waals surface area contributed by atoms with Gasteiger partial charge < -0.3 is 58.6 Å². The smallest absolute Gasteiger partial charge is 0.222 e. The van der Waals surface area contributed by atoms with Crippen LogP contribution in [0.2, 0.25) is 0 Å². The van der Waals surface area contributed by atoms with Crippen molar-refractivity contribution in [3.63, 3.8) is 0 Å². The van der Waals surface area contributed by atoms with Gasteiger partial charge in [0.15, 0.2) is 11.6 Å². The van der Waals surface area contributed by atoms with Gasteiger partial charge in [0, 0.05) is 82.5 Å². The molecular formula is C53H80N12O13. The molecule has 0 aliphatic heterocycles. The molecule has 4 aromatic rings. The molecule has 4 rings (SSSR count). The van der Waals surface area contributed by atoms with Gasteiger partial charge in [0.1, 0.15) is 5.78 Å². The van der Waals surface area contributed by atoms with Gasteiger partial charge in [-0.1, -0.05) is 55.5 Å². The highest BCUT2D eigenvalue weighted by Crippen LogP contribution is 2.15. The third-order valence-corrected chi connectivity index (χ3v) is 11.2. The first-order valence-electron chi connectivity index (χ1n) is 26.7. The first kappa shape index (κ1) is 64.5. The summed E-state index contributed by atoms with van der Waals surface area (Å²) < 4.78 is 51.2. The van der Waals surface area contributed by atoms with Gasteiger partial charge in [-0.2, -0.15) is 0 Å². The Morgan fingerprint density at radius 2 is 0.731 bits per heavy atom. The van der Waals surface area contributed by atoms with Gasteiger partial charge in [-0.05, 0) is 31.4 Å². The molecule has 0 aliphatic rings. The van der Waals surface area contributed by atoms with Crippen molar-refractivity contribution in [2.24, 2.45) is 0 Å². The van der Waals surface area contributed by atoms with E-state index in [0.717, 1.165) is 22.3 Å². The molecule has 2 heterocycles. The van der Waals surface area contributed by atoms with E-state index in [-0.39, 0.29) is 49.6 Å². The lowest BCUT2D eigenvalue weighted by atomic mass is 10.1. The summed E-state index contributed by atoms with van der Waals surface area (Å²) in [5.74, 6) is 1.76. The van der Waals surface area contributed by atoms with Crippen LogP contribution >= 0.6 is 0 Å². The summed E-state index contributed by atoms with van der Waals surface area (Å²) in [6.07, 6.45) is 2.30. The number of benzene rings is 2. The molecule has 3 amide bonds. The Morgan fingerprint density at radius 3 is 1.10 bits per heavy atom. The largest absolute Gasteiger partial charge is 0.379 e. The molecule has 0 aliphatic carbocycles. The van der Waals surface area contributed by atoms with Crippen molar-refractivity contribution in [1.29, 1.82) is 0 Å². The highest BCUT2D eigenvalue weighted by Gasteiger charge is 2.10. The third-order valence-electron chi connectivity index (χ3n) is 11.2. The Bertz CT molecular complexity index is 2090. The number of amides is 3. The normalized spacial score (nSPS) is 11.3. The molecule has 0 atom stereocenters. The maximum Gasteiger partial charge on any atom is 0.222 e. The van der Waals surface area contributed by atoms with Crippen LogP contribution in [0.1, 0.15) is 68.2 Å². The first-order chi connectivity index (χ1) is 38.2. The number of hydrogen-bond donors (Lipinski definition) is 3. The van der Waals surface area contributed by atoms with Crippen molar-refractivity contribution in [3.05, 3.63) is 71.3 Å². The summed E-state index contributed by atoms with van der Waals surface area (Å²) in [7, 11) is 0. The predicted molar refractivity (Wildman–Crippen MR) is 284 cm³/mol. The quantitative estimate of drug-likeness (QED) is 0.0535. The fraction of sp³-hybridized carbons (Fsp3) is 0.623. The average molecular weight is 1090 g/mol. The van der Waals surface area contributed by atoms with Crippen LogP contribution in [-0.2, 0) is 74.9 Å². The van der Waals surface area contributed by atoms with E-state index in [4.69, 9.17) is 42.6 Å². The number of carbonyl (C=O) groups excluding carboxylic acids is 4. The van der Waals surface area contributed by atoms with E-state index in [2.05, 4.69) is 61.6 Å². The van der Waals surface area contributed by atoms with Crippen molar-refractivity contribution >= 4 is 23.5 Å². The lowest BCUT2D eigenvalue weighted by Gasteiger charge is -2.22. The lowest BCUT2D eigenvalue weighted by molar-refractivity contribution is -0.123. The van der Waals surface area contributed by atoms with Crippen molar-refractivity contribution in [1.82, 2.24) is 61.6 Å². The number of ether oxygens (including phenoxy) is 9. The molecular weight excluding hydrogens is 1010 g/mol. The summed E-state index contributed by atoms with van der Waals surface area (Å²) in [5.41, 5.74) is 3.47. The third kappa shape index (κ3) is 31.4. The molecule has 0 saturated heterocycles. The fourth-order valence-electron chi connectivity index (χ4n) is 6.76. The van der Waals surface area contributed by atoms with E-state index in [9.17, 15) is 19.2 Å². The van der Waals surface area contributed by atoms with E-state index >= 15 is 0 Å². The van der Waals surface area contributed by atoms with Crippen molar-refractivity contribution in [2.75, 3.05) is 145 Å². The monoisotopic (exact) mass is 1090 g/mol. The predicted octanol–water partition coefficient (Wildman–Crippen LogP) is 2.23. The van der Waals surface area contributed by atoms with Crippen molar-refractivity contribution < 1.29 is 61.8 Å². The molecule has 2 aromatic heterocycles. The summed E-state index contributed by atoms with van der Waals surface area (Å²) in [5, 5.41) is 40.5. The molecule has 78 heavy (non-hydrogen) atoms. The molecule has 0 radical (unpaired) electrons. The van der Waals surface area contributed by atoms with Gasteiger partial charge in [0.05, 0.1) is 119 Å². The Labute approximate surface area is 457 Å². The second-order valence-electron chi connectivity index (χ2n) is 17.4. The Hall–Kier alpha value is -6.00. The van der Waals surface area contributed by atoms with Crippen LogP contribution in [-0.4, -0.2) is 214 Å². The van der Waals surface area contributed by atoms with Crippen LogP contribution in [0.4, 0.5) is 0 Å². The van der Waals surface area contributed by atoms with Crippen molar-refractivity contribution in [2.45, 2.75) is 72.4 Å². The zero-order valence-electron chi connectivity index (χ0n) is 45.7. The Kier molecular flexibility index (Phi) is 34.8. The van der Waals surface area contributed by atoms with Crippen LogP contribution in [0.25, 0.3) is 22.8 Å². The van der Waals surface area contributed by atoms with Crippen LogP contribution in [0.15, 0.2) is 48.5 Å². The number of carbonyl (C=O) groups is 4. The lowest BCUT2D eigenvalue weighted by Crippen LogP contribution is -2.34. The summed E-state index contributed by atoms with van der Waals surface area (Å²) in [6.45, 7) is 15.6. The molecule has 0 spiro atoms. The van der Waals surface area contributed by atoms with Crippen LogP contribution in [0.3, 0.4) is 0 Å². The molecule has 0 saturated carbocycles. The van der Waals surface area contributed by atoms with Gasteiger partial charge in [-0.15, -0.1) is 40.8 Å². The van der Waals surface area contributed by atoms with Crippen LogP contribution in [0.5, 0.6) is 0 Å². The molecule has 3 N–H and O–H groups in total. The Balaban J connectivity index is 0.988. The number of Topliss-reactive ketones (excluding diaryl/α,β-unsaturated/α-hetero) is 1. The van der Waals surface area contributed by atoms with E-state index in [1.165, 1.54) is 0 Å². The second kappa shape index (κ2) is 42.0. The van der Waals surface area contributed by atoms with Crippen molar-refractivity contribution in [3.8, 4) is 22.8 Å². The molecule has 0 bridgehead atoms. The number of rotatable bonds is 47. The van der Waals surface area contributed by atoms with Gasteiger partial charge in [0.25, 0.3) is 0 Å². The molecule has 2 aromatic carbocycles. The zero-order chi connectivity index (χ0) is 55.5. The minimum atomic E-state index is -0.110. The molecule has 0 fully saturated rings. The van der Waals surface area contributed by atoms with E-state index in [1.54, 1.807) is 13.8 Å². The second-order valence-corrected chi connectivity index (χ2v) is 17.4. The van der Waals surface area contributed by atoms with Gasteiger partial charge in [-0.25, -0.2) is 0 Å². The van der Waals surface area contributed by atoms with E-state index < -0.39 is 0 Å². The fourth-order valence-corrected chi connectivity index (χ4v) is 6.76. The minimum Gasteiger partial charge on any atom is -0.379 e. The first-order valence-corrected chi connectivity index (χ1v) is 26.7. The van der Waals surface area contributed by atoms with Crippen LogP contribution < -0.4 is 16.0 Å². The SMILES string of the molecule is CCC(=O)CCCC(=O)NCCOCCOCCOCCN(CCOCCOCCOCCC(=O)NCc1ccc(-c2nnc(C)nn2)cc1)CCOCCOCCOCCC(=O)NCc1ccc(-c2nnc(C)nn2)cc1. The summed E-state index contributed by atoms with van der Waals surface area (Å²) >= 11 is 0. The average Bonchev–Trinajstić information content (AvgIpc) is 3.45.